The number of phenolic OH excluding ortho intramolecular Hbond substituents is 1. The number of nitrogens with zero attached hydrogens (tertiary/aromatic N) is 1. The van der Waals surface area contributed by atoms with Crippen LogP contribution in [0.5, 0.6) is 5.75 Å². The SMILES string of the molecule is O.O=S(=O)([O-])c1ccc(O)c2ncccc12.[Ag+].[OH3+]. The molecule has 7 nitrogen and oxygen atoms in total. The van der Waals surface area contributed by atoms with Gasteiger partial charge in [-0.3, -0.25) is 4.98 Å². The summed E-state index contributed by atoms with van der Waals surface area (Å²) in [4.78, 5) is 3.43. The second-order valence-electron chi connectivity index (χ2n) is 2.94. The van der Waals surface area contributed by atoms with E-state index in [0.29, 0.717) is 0 Å². The molecule has 0 amide bonds. The molecular weight excluding hydrogens is 358 g/mol. The van der Waals surface area contributed by atoms with Gasteiger partial charge in [-0.05, 0) is 24.3 Å². The van der Waals surface area contributed by atoms with Crippen LogP contribution in [0.15, 0.2) is 35.4 Å². The van der Waals surface area contributed by atoms with Crippen LogP contribution >= 0.6 is 0 Å². The molecule has 0 saturated carbocycles. The number of rotatable bonds is 1. The van der Waals surface area contributed by atoms with Crippen molar-refractivity contribution < 1.29 is 51.4 Å². The fourth-order valence-corrected chi connectivity index (χ4v) is 2.02. The van der Waals surface area contributed by atoms with Crippen molar-refractivity contribution in [3.63, 3.8) is 0 Å². The number of phenols is 1. The zero-order chi connectivity index (χ0) is 11.1. The zero-order valence-electron chi connectivity index (χ0n) is 8.79. The molecule has 2 rings (SSSR count). The second-order valence-corrected chi connectivity index (χ2v) is 4.28. The summed E-state index contributed by atoms with van der Waals surface area (Å²) in [6, 6.07) is 5.13. The summed E-state index contributed by atoms with van der Waals surface area (Å²) in [5.74, 6) is -0.155. The summed E-state index contributed by atoms with van der Waals surface area (Å²) in [5, 5.41) is 9.53. The molecule has 0 fully saturated rings. The molecule has 0 saturated heterocycles. The summed E-state index contributed by atoms with van der Waals surface area (Å²) in [7, 11) is -4.55. The Hall–Kier alpha value is -1.000. The van der Waals surface area contributed by atoms with Crippen LogP contribution in [-0.2, 0) is 38.0 Å². The van der Waals surface area contributed by atoms with Crippen molar-refractivity contribution in [2.24, 2.45) is 0 Å². The van der Waals surface area contributed by atoms with E-state index >= 15 is 0 Å². The fraction of sp³-hybridized carbons (Fsp3) is 0. The Morgan fingerprint density at radius 1 is 1.22 bits per heavy atom. The van der Waals surface area contributed by atoms with Crippen LogP contribution in [0.4, 0.5) is 0 Å². The number of aromatic hydroxyl groups is 1. The molecule has 0 bridgehead atoms. The van der Waals surface area contributed by atoms with Gasteiger partial charge in [-0.1, -0.05) is 0 Å². The molecule has 0 aliphatic carbocycles. The van der Waals surface area contributed by atoms with Crippen molar-refractivity contribution in [1.29, 1.82) is 0 Å². The van der Waals surface area contributed by atoms with Crippen LogP contribution in [0.3, 0.4) is 0 Å². The maximum Gasteiger partial charge on any atom is 1.00 e. The van der Waals surface area contributed by atoms with Crippen LogP contribution in [0, 0.1) is 0 Å². The smallest absolute Gasteiger partial charge is 0.744 e. The van der Waals surface area contributed by atoms with Crippen molar-refractivity contribution in [1.82, 2.24) is 4.98 Å². The van der Waals surface area contributed by atoms with Gasteiger partial charge in [-0.15, -0.1) is 0 Å². The number of benzene rings is 1. The Bertz CT molecular complexity index is 630. The summed E-state index contributed by atoms with van der Waals surface area (Å²) >= 11 is 0. The molecule has 0 unspecified atom stereocenters. The van der Waals surface area contributed by atoms with Crippen molar-refractivity contribution >= 4 is 21.0 Å². The van der Waals surface area contributed by atoms with Gasteiger partial charge in [0.05, 0.1) is 4.90 Å². The second kappa shape index (κ2) is 6.81. The van der Waals surface area contributed by atoms with Crippen LogP contribution in [0.25, 0.3) is 10.9 Å². The zero-order valence-corrected chi connectivity index (χ0v) is 11.1. The molecule has 0 aliphatic heterocycles. The van der Waals surface area contributed by atoms with E-state index in [2.05, 4.69) is 4.98 Å². The predicted octanol–water partition coefficient (Wildman–Crippen LogP) is -0.905. The summed E-state index contributed by atoms with van der Waals surface area (Å²) in [6.45, 7) is 0. The van der Waals surface area contributed by atoms with Gasteiger partial charge in [0.15, 0.2) is 0 Å². The topological polar surface area (TPSA) is 155 Å². The van der Waals surface area contributed by atoms with Gasteiger partial charge in [-0.25, -0.2) is 8.42 Å². The summed E-state index contributed by atoms with van der Waals surface area (Å²) in [5.41, 5.74) is 0.106. The molecule has 2 aromatic rings. The van der Waals surface area contributed by atoms with E-state index in [0.717, 1.165) is 12.1 Å². The Morgan fingerprint density at radius 2 is 1.83 bits per heavy atom. The van der Waals surface area contributed by atoms with Gasteiger partial charge in [-0.2, -0.15) is 0 Å². The third-order valence-electron chi connectivity index (χ3n) is 1.98. The minimum absolute atomic E-state index is 0. The largest absolute Gasteiger partial charge is 1.00 e. The number of hydrogen-bond acceptors (Lipinski definition) is 5. The van der Waals surface area contributed by atoms with E-state index in [1.807, 2.05) is 0 Å². The normalized spacial score (nSPS) is 9.83. The molecule has 18 heavy (non-hydrogen) atoms. The monoisotopic (exact) mass is 368 g/mol. The number of aromatic nitrogens is 1. The van der Waals surface area contributed by atoms with E-state index < -0.39 is 10.1 Å². The van der Waals surface area contributed by atoms with Crippen molar-refractivity contribution in [2.75, 3.05) is 0 Å². The molecule has 1 heterocycles. The van der Waals surface area contributed by atoms with Gasteiger partial charge in [0.2, 0.25) is 0 Å². The molecule has 1 aromatic carbocycles. The number of hydrogen-bond donors (Lipinski definition) is 1. The first-order valence-corrected chi connectivity index (χ1v) is 5.43. The quantitative estimate of drug-likeness (QED) is 0.392. The maximum absolute atomic E-state index is 10.9. The van der Waals surface area contributed by atoms with Crippen molar-refractivity contribution in [3.05, 3.63) is 30.5 Å². The summed E-state index contributed by atoms with van der Waals surface area (Å²) in [6.07, 6.45) is 1.41. The molecule has 0 radical (unpaired) electrons. The Kier molecular flexibility index (Phi) is 7.31. The van der Waals surface area contributed by atoms with Crippen molar-refractivity contribution in [2.45, 2.75) is 4.90 Å². The Balaban J connectivity index is 0. The van der Waals surface area contributed by atoms with Crippen LogP contribution in [-0.4, -0.2) is 28.5 Å². The van der Waals surface area contributed by atoms with E-state index in [9.17, 15) is 18.1 Å². The van der Waals surface area contributed by atoms with Crippen molar-refractivity contribution in [3.8, 4) is 5.75 Å². The van der Waals surface area contributed by atoms with Crippen LogP contribution in [0.1, 0.15) is 0 Å². The van der Waals surface area contributed by atoms with Gasteiger partial charge >= 0.3 is 22.4 Å². The van der Waals surface area contributed by atoms with Gasteiger partial charge < -0.3 is 20.6 Å². The minimum Gasteiger partial charge on any atom is -0.744 e. The molecular formula is C9H11AgNO6S+. The first-order chi connectivity index (χ1) is 7.00. The first-order valence-electron chi connectivity index (χ1n) is 4.03. The summed E-state index contributed by atoms with van der Waals surface area (Å²) < 4.78 is 32.7. The fourth-order valence-electron chi connectivity index (χ4n) is 1.35. The van der Waals surface area contributed by atoms with Gasteiger partial charge in [0.1, 0.15) is 21.4 Å². The third-order valence-corrected chi connectivity index (χ3v) is 2.87. The molecule has 0 aliphatic rings. The average Bonchev–Trinajstić information content (AvgIpc) is 2.17. The number of fused-ring (bicyclic) bond motifs is 1. The van der Waals surface area contributed by atoms with E-state index in [4.69, 9.17) is 0 Å². The number of pyridine rings is 1. The molecule has 104 valence electrons. The Labute approximate surface area is 118 Å². The minimum atomic E-state index is -4.55. The standard InChI is InChI=1S/C9H7NO4S.Ag.2H2O/c11-7-3-4-8(15(12,13)14)6-2-1-5-10-9(6)7;;;/h1-5,11H,(H,12,13,14);;2*1H2/q;+1;;. The van der Waals surface area contributed by atoms with E-state index in [1.54, 1.807) is 0 Å². The molecule has 1 aromatic heterocycles. The van der Waals surface area contributed by atoms with E-state index in [-0.39, 0.29) is 54.9 Å². The Morgan fingerprint density at radius 3 is 2.39 bits per heavy atom. The van der Waals surface area contributed by atoms with Crippen LogP contribution < -0.4 is 0 Å². The maximum atomic E-state index is 10.9. The predicted molar refractivity (Wildman–Crippen MR) is 59.9 cm³/mol. The van der Waals surface area contributed by atoms with E-state index in [1.165, 1.54) is 18.3 Å². The molecule has 6 N–H and O–H groups in total. The average molecular weight is 369 g/mol. The third kappa shape index (κ3) is 3.50. The molecule has 9 heteroatoms. The van der Waals surface area contributed by atoms with Crippen LogP contribution in [0.2, 0.25) is 0 Å². The molecule has 0 atom stereocenters. The molecule has 0 spiro atoms. The van der Waals surface area contributed by atoms with Gasteiger partial charge in [0, 0.05) is 11.6 Å². The van der Waals surface area contributed by atoms with Gasteiger partial charge in [0.25, 0.3) is 0 Å². The first kappa shape index (κ1) is 19.3.